The predicted molar refractivity (Wildman–Crippen MR) is 130 cm³/mol. The van der Waals surface area contributed by atoms with Crippen LogP contribution in [0.15, 0.2) is 30.5 Å². The highest BCUT2D eigenvalue weighted by Gasteiger charge is 2.29. The average Bonchev–Trinajstić information content (AvgIpc) is 3.48. The summed E-state index contributed by atoms with van der Waals surface area (Å²) < 4.78 is 25.9. The van der Waals surface area contributed by atoms with E-state index in [0.29, 0.717) is 51.8 Å². The molecule has 0 bridgehead atoms. The Labute approximate surface area is 201 Å². The fourth-order valence-corrected chi connectivity index (χ4v) is 4.21. The van der Waals surface area contributed by atoms with Crippen molar-refractivity contribution in [2.24, 2.45) is 0 Å². The van der Waals surface area contributed by atoms with Crippen LogP contribution in [0.2, 0.25) is 5.02 Å². The van der Waals surface area contributed by atoms with Crippen LogP contribution in [0.4, 0.5) is 16.4 Å². The van der Waals surface area contributed by atoms with Gasteiger partial charge < -0.3 is 20.7 Å². The highest BCUT2D eigenvalue weighted by atomic mass is 35.5. The second-order valence-corrected chi connectivity index (χ2v) is 10.4. The first kappa shape index (κ1) is 23.8. The Morgan fingerprint density at radius 3 is 2.74 bits per heavy atom. The molecule has 1 unspecified atom stereocenters. The van der Waals surface area contributed by atoms with Crippen molar-refractivity contribution in [3.8, 4) is 22.6 Å². The molecule has 4 rings (SSSR count). The van der Waals surface area contributed by atoms with Gasteiger partial charge in [0.2, 0.25) is 16.0 Å². The third-order valence-corrected chi connectivity index (χ3v) is 5.83. The molecule has 2 aromatic heterocycles. The van der Waals surface area contributed by atoms with Crippen molar-refractivity contribution < 1.29 is 18.3 Å². The van der Waals surface area contributed by atoms with Crippen molar-refractivity contribution in [3.63, 3.8) is 0 Å². The van der Waals surface area contributed by atoms with Gasteiger partial charge in [0.05, 0.1) is 29.0 Å². The minimum absolute atomic E-state index is 0.299. The lowest BCUT2D eigenvalue weighted by Gasteiger charge is -2.13. The van der Waals surface area contributed by atoms with Crippen molar-refractivity contribution in [1.29, 1.82) is 0 Å². The van der Waals surface area contributed by atoms with E-state index in [1.807, 2.05) is 0 Å². The average molecular weight is 506 g/mol. The first-order valence-electron chi connectivity index (χ1n) is 10.5. The normalized spacial score (nSPS) is 14.4. The van der Waals surface area contributed by atoms with Crippen LogP contribution in [0, 0.1) is 0 Å². The number of carbonyl (C=O) groups is 1. The van der Waals surface area contributed by atoms with Gasteiger partial charge in [-0.1, -0.05) is 11.6 Å². The Hall–Kier alpha value is -3.38. The van der Waals surface area contributed by atoms with Crippen LogP contribution in [0.25, 0.3) is 22.6 Å². The van der Waals surface area contributed by atoms with E-state index in [0.717, 1.165) is 24.9 Å². The summed E-state index contributed by atoms with van der Waals surface area (Å²) in [5, 5.41) is 14.6. The quantitative estimate of drug-likeness (QED) is 0.295. The van der Waals surface area contributed by atoms with Crippen LogP contribution in [-0.4, -0.2) is 58.4 Å². The SMILES string of the molecule is CC(CNc1nccc(-c2[nH]c(C3CC3)nc2-c2cc(Cl)cc(NS(C)(=O)=O)c2)n1)NC(=O)O. The molecule has 1 aliphatic rings. The number of anilines is 2. The fourth-order valence-electron chi connectivity index (χ4n) is 3.42. The summed E-state index contributed by atoms with van der Waals surface area (Å²) in [6.07, 6.45) is 3.63. The van der Waals surface area contributed by atoms with Gasteiger partial charge in [-0.25, -0.2) is 28.2 Å². The molecule has 0 aliphatic heterocycles. The molecule has 1 aromatic carbocycles. The first-order valence-corrected chi connectivity index (χ1v) is 12.8. The molecule has 5 N–H and O–H groups in total. The number of aromatic amines is 1. The maximum atomic E-state index is 11.7. The highest BCUT2D eigenvalue weighted by Crippen LogP contribution is 2.42. The summed E-state index contributed by atoms with van der Waals surface area (Å²) >= 11 is 6.28. The number of sulfonamides is 1. The maximum Gasteiger partial charge on any atom is 0.404 e. The minimum Gasteiger partial charge on any atom is -0.465 e. The van der Waals surface area contributed by atoms with E-state index in [-0.39, 0.29) is 6.04 Å². The number of benzene rings is 1. The van der Waals surface area contributed by atoms with Gasteiger partial charge in [-0.15, -0.1) is 0 Å². The monoisotopic (exact) mass is 505 g/mol. The van der Waals surface area contributed by atoms with Crippen molar-refractivity contribution in [1.82, 2.24) is 25.3 Å². The van der Waals surface area contributed by atoms with Gasteiger partial charge in [-0.05, 0) is 44.0 Å². The zero-order valence-corrected chi connectivity index (χ0v) is 20.0. The molecule has 1 fully saturated rings. The number of hydrogen-bond donors (Lipinski definition) is 5. The molecular formula is C21H24ClN7O4S. The standard InChI is InChI=1S/C21H24ClN7O4S/c1-11(25-21(30)31)10-24-20-23-6-5-16(26-20)18-17(27-19(28-18)12-3-4-12)13-7-14(22)9-15(8-13)29-34(2,32)33/h5-9,11-12,25,29H,3-4,10H2,1-2H3,(H,27,28)(H,30,31)(H,23,24,26). The number of hydrogen-bond acceptors (Lipinski definition) is 7. The highest BCUT2D eigenvalue weighted by molar-refractivity contribution is 7.92. The van der Waals surface area contributed by atoms with Crippen LogP contribution in [0.3, 0.4) is 0 Å². The third kappa shape index (κ3) is 6.14. The summed E-state index contributed by atoms with van der Waals surface area (Å²) in [4.78, 5) is 27.7. The lowest BCUT2D eigenvalue weighted by atomic mass is 10.1. The van der Waals surface area contributed by atoms with Gasteiger partial charge in [0.25, 0.3) is 0 Å². The van der Waals surface area contributed by atoms with Gasteiger partial charge in [-0.3, -0.25) is 4.72 Å². The maximum absolute atomic E-state index is 11.7. The molecule has 1 atom stereocenters. The fraction of sp³-hybridized carbons (Fsp3) is 0.333. The zero-order chi connectivity index (χ0) is 24.5. The number of rotatable bonds is 9. The largest absolute Gasteiger partial charge is 0.465 e. The third-order valence-electron chi connectivity index (χ3n) is 5.01. The Bertz CT molecular complexity index is 1320. The van der Waals surface area contributed by atoms with E-state index in [9.17, 15) is 13.2 Å². The Balaban J connectivity index is 1.69. The molecule has 0 spiro atoms. The molecule has 2 heterocycles. The van der Waals surface area contributed by atoms with E-state index in [4.69, 9.17) is 21.7 Å². The molecule has 0 radical (unpaired) electrons. The summed E-state index contributed by atoms with van der Waals surface area (Å²) in [6.45, 7) is 2.02. The van der Waals surface area contributed by atoms with Crippen LogP contribution in [0.5, 0.6) is 0 Å². The van der Waals surface area contributed by atoms with Crippen LogP contribution >= 0.6 is 11.6 Å². The number of halogens is 1. The van der Waals surface area contributed by atoms with E-state index in [1.54, 1.807) is 31.3 Å². The van der Waals surface area contributed by atoms with Crippen molar-refractivity contribution in [2.45, 2.75) is 31.7 Å². The molecule has 1 aliphatic carbocycles. The van der Waals surface area contributed by atoms with Crippen molar-refractivity contribution in [2.75, 3.05) is 22.8 Å². The smallest absolute Gasteiger partial charge is 0.404 e. The minimum atomic E-state index is -3.49. The summed E-state index contributed by atoms with van der Waals surface area (Å²) in [5.74, 6) is 1.49. The summed E-state index contributed by atoms with van der Waals surface area (Å²) in [7, 11) is -3.49. The molecule has 180 valence electrons. The van der Waals surface area contributed by atoms with E-state index < -0.39 is 16.1 Å². The summed E-state index contributed by atoms with van der Waals surface area (Å²) in [6, 6.07) is 6.30. The molecular weight excluding hydrogens is 482 g/mol. The number of carboxylic acid groups (broad SMARTS) is 1. The number of imidazole rings is 1. The number of H-pyrrole nitrogens is 1. The van der Waals surface area contributed by atoms with Crippen molar-refractivity contribution >= 4 is 39.4 Å². The summed E-state index contributed by atoms with van der Waals surface area (Å²) in [5.41, 5.74) is 2.77. The van der Waals surface area contributed by atoms with Gasteiger partial charge in [0, 0.05) is 35.3 Å². The number of nitrogens with one attached hydrogen (secondary N) is 4. The van der Waals surface area contributed by atoms with Crippen LogP contribution in [-0.2, 0) is 10.0 Å². The van der Waals surface area contributed by atoms with Gasteiger partial charge in [0.15, 0.2) is 0 Å². The number of aromatic nitrogens is 4. The van der Waals surface area contributed by atoms with E-state index in [1.165, 1.54) is 6.07 Å². The van der Waals surface area contributed by atoms with Gasteiger partial charge in [-0.2, -0.15) is 0 Å². The first-order chi connectivity index (χ1) is 16.1. The molecule has 13 heteroatoms. The lowest BCUT2D eigenvalue weighted by molar-refractivity contribution is 0.191. The van der Waals surface area contributed by atoms with E-state index >= 15 is 0 Å². The molecule has 1 amide bonds. The second kappa shape index (κ2) is 9.47. The van der Waals surface area contributed by atoms with Crippen LogP contribution in [0.1, 0.15) is 31.5 Å². The Morgan fingerprint density at radius 2 is 2.06 bits per heavy atom. The number of amides is 1. The lowest BCUT2D eigenvalue weighted by Crippen LogP contribution is -2.36. The van der Waals surface area contributed by atoms with Crippen LogP contribution < -0.4 is 15.4 Å². The van der Waals surface area contributed by atoms with Gasteiger partial charge >= 0.3 is 6.09 Å². The topological polar surface area (TPSA) is 162 Å². The number of nitrogens with zero attached hydrogens (tertiary/aromatic N) is 3. The van der Waals surface area contributed by atoms with Crippen molar-refractivity contribution in [3.05, 3.63) is 41.3 Å². The van der Waals surface area contributed by atoms with E-state index in [2.05, 4.69) is 30.3 Å². The molecule has 34 heavy (non-hydrogen) atoms. The Morgan fingerprint density at radius 1 is 1.29 bits per heavy atom. The molecule has 0 saturated heterocycles. The Kier molecular flexibility index (Phi) is 6.62. The molecule has 1 saturated carbocycles. The second-order valence-electron chi connectivity index (χ2n) is 8.22. The van der Waals surface area contributed by atoms with Gasteiger partial charge in [0.1, 0.15) is 5.82 Å². The molecule has 11 nitrogen and oxygen atoms in total. The predicted octanol–water partition coefficient (Wildman–Crippen LogP) is 3.50. The zero-order valence-electron chi connectivity index (χ0n) is 18.5. The molecule has 3 aromatic rings.